The standard InChI is InChI=1S/C11H22O/c1-10(2,3)9-7-6-8-11(4,5)12-9/h9H,6-8H2,1-5H3/t9-/m0/s1. The van der Waals surface area contributed by atoms with Crippen molar-refractivity contribution in [2.75, 3.05) is 0 Å². The Bertz CT molecular complexity index is 150. The fourth-order valence-corrected chi connectivity index (χ4v) is 1.83. The third-order valence-corrected chi connectivity index (χ3v) is 2.67. The highest BCUT2D eigenvalue weighted by atomic mass is 16.5. The molecule has 12 heavy (non-hydrogen) atoms. The van der Waals surface area contributed by atoms with E-state index >= 15 is 0 Å². The molecule has 72 valence electrons. The van der Waals surface area contributed by atoms with Gasteiger partial charge in [0.15, 0.2) is 0 Å². The van der Waals surface area contributed by atoms with Gasteiger partial charge in [-0.2, -0.15) is 0 Å². The summed E-state index contributed by atoms with van der Waals surface area (Å²) in [6.45, 7) is 11.2. The second-order valence-electron chi connectivity index (χ2n) is 5.62. The van der Waals surface area contributed by atoms with Crippen LogP contribution in [0.3, 0.4) is 0 Å². The van der Waals surface area contributed by atoms with Gasteiger partial charge in [-0.3, -0.25) is 0 Å². The highest BCUT2D eigenvalue weighted by Gasteiger charge is 2.34. The first-order valence-corrected chi connectivity index (χ1v) is 4.99. The van der Waals surface area contributed by atoms with Crippen LogP contribution in [0.5, 0.6) is 0 Å². The van der Waals surface area contributed by atoms with Crippen molar-refractivity contribution in [3.63, 3.8) is 0 Å². The average Bonchev–Trinajstić information content (AvgIpc) is 1.83. The Morgan fingerprint density at radius 3 is 2.17 bits per heavy atom. The van der Waals surface area contributed by atoms with Crippen LogP contribution in [0, 0.1) is 5.41 Å². The van der Waals surface area contributed by atoms with E-state index in [1.165, 1.54) is 19.3 Å². The molecule has 1 heterocycles. The zero-order valence-electron chi connectivity index (χ0n) is 9.11. The highest BCUT2D eigenvalue weighted by molar-refractivity contribution is 4.84. The van der Waals surface area contributed by atoms with Gasteiger partial charge < -0.3 is 4.74 Å². The lowest BCUT2D eigenvalue weighted by atomic mass is 9.82. The lowest BCUT2D eigenvalue weighted by Crippen LogP contribution is -2.41. The van der Waals surface area contributed by atoms with Crippen LogP contribution in [0.25, 0.3) is 0 Å². The van der Waals surface area contributed by atoms with Crippen molar-refractivity contribution in [2.45, 2.75) is 65.6 Å². The maximum absolute atomic E-state index is 6.04. The first-order valence-electron chi connectivity index (χ1n) is 4.99. The van der Waals surface area contributed by atoms with Gasteiger partial charge in [0.25, 0.3) is 0 Å². The molecule has 0 aliphatic carbocycles. The third kappa shape index (κ3) is 2.48. The fraction of sp³-hybridized carbons (Fsp3) is 1.00. The molecule has 1 heteroatoms. The molecule has 1 aliphatic rings. The molecule has 0 bridgehead atoms. The van der Waals surface area contributed by atoms with Crippen LogP contribution in [0.2, 0.25) is 0 Å². The van der Waals surface area contributed by atoms with Crippen LogP contribution in [0.4, 0.5) is 0 Å². The van der Waals surface area contributed by atoms with E-state index in [1.807, 2.05) is 0 Å². The van der Waals surface area contributed by atoms with Crippen LogP contribution in [0.1, 0.15) is 53.9 Å². The Kier molecular flexibility index (Phi) is 2.53. The molecule has 0 saturated carbocycles. The van der Waals surface area contributed by atoms with E-state index < -0.39 is 0 Å². The van der Waals surface area contributed by atoms with E-state index in [2.05, 4.69) is 34.6 Å². The molecule has 1 saturated heterocycles. The van der Waals surface area contributed by atoms with Crippen molar-refractivity contribution in [1.82, 2.24) is 0 Å². The molecule has 1 fully saturated rings. The molecule has 1 nitrogen and oxygen atoms in total. The first-order chi connectivity index (χ1) is 5.31. The third-order valence-electron chi connectivity index (χ3n) is 2.67. The number of hydrogen-bond acceptors (Lipinski definition) is 1. The molecule has 0 N–H and O–H groups in total. The van der Waals surface area contributed by atoms with Crippen LogP contribution >= 0.6 is 0 Å². The summed E-state index contributed by atoms with van der Waals surface area (Å²) < 4.78 is 6.04. The van der Waals surface area contributed by atoms with Crippen LogP contribution in [-0.2, 0) is 4.74 Å². The topological polar surface area (TPSA) is 9.23 Å². The Morgan fingerprint density at radius 2 is 1.83 bits per heavy atom. The van der Waals surface area contributed by atoms with E-state index in [1.54, 1.807) is 0 Å². The molecule has 0 radical (unpaired) electrons. The summed E-state index contributed by atoms with van der Waals surface area (Å²) >= 11 is 0. The van der Waals surface area contributed by atoms with Gasteiger partial charge in [-0.25, -0.2) is 0 Å². The fourth-order valence-electron chi connectivity index (χ4n) is 1.83. The van der Waals surface area contributed by atoms with Gasteiger partial charge >= 0.3 is 0 Å². The van der Waals surface area contributed by atoms with Crippen LogP contribution in [0.15, 0.2) is 0 Å². The van der Waals surface area contributed by atoms with Crippen molar-refractivity contribution >= 4 is 0 Å². The van der Waals surface area contributed by atoms with Crippen molar-refractivity contribution in [1.29, 1.82) is 0 Å². The van der Waals surface area contributed by atoms with Gasteiger partial charge in [0.1, 0.15) is 0 Å². The van der Waals surface area contributed by atoms with E-state index in [0.717, 1.165) is 0 Å². The highest BCUT2D eigenvalue weighted by Crippen LogP contribution is 2.36. The summed E-state index contributed by atoms with van der Waals surface area (Å²) in [6, 6.07) is 0. The number of rotatable bonds is 0. The summed E-state index contributed by atoms with van der Waals surface area (Å²) in [4.78, 5) is 0. The minimum absolute atomic E-state index is 0.107. The summed E-state index contributed by atoms with van der Waals surface area (Å²) in [5.41, 5.74) is 0.411. The Hall–Kier alpha value is -0.0400. The van der Waals surface area contributed by atoms with Crippen molar-refractivity contribution in [3.05, 3.63) is 0 Å². The summed E-state index contributed by atoms with van der Waals surface area (Å²) in [5.74, 6) is 0. The van der Waals surface area contributed by atoms with Gasteiger partial charge in [-0.15, -0.1) is 0 Å². The Labute approximate surface area is 76.5 Å². The maximum Gasteiger partial charge on any atom is 0.0630 e. The largest absolute Gasteiger partial charge is 0.372 e. The minimum atomic E-state index is 0.107. The first kappa shape index (κ1) is 10.0. The van der Waals surface area contributed by atoms with Gasteiger partial charge in [0, 0.05) is 0 Å². The molecule has 0 aromatic heterocycles. The molecule has 1 rings (SSSR count). The Balaban J connectivity index is 2.58. The normalized spacial score (nSPS) is 30.2. The van der Waals surface area contributed by atoms with Gasteiger partial charge in [-0.1, -0.05) is 20.8 Å². The van der Waals surface area contributed by atoms with Gasteiger partial charge in [-0.05, 0) is 38.5 Å². The van der Waals surface area contributed by atoms with Crippen molar-refractivity contribution < 1.29 is 4.74 Å². The second kappa shape index (κ2) is 3.02. The predicted octanol–water partition coefficient (Wildman–Crippen LogP) is 3.38. The van der Waals surface area contributed by atoms with Gasteiger partial charge in [0.05, 0.1) is 11.7 Å². The molecule has 0 amide bonds. The summed E-state index contributed by atoms with van der Waals surface area (Å²) in [6.07, 6.45) is 4.20. The number of hydrogen-bond donors (Lipinski definition) is 0. The molecule has 0 aromatic rings. The van der Waals surface area contributed by atoms with Crippen LogP contribution < -0.4 is 0 Å². The number of ether oxygens (including phenoxy) is 1. The average molecular weight is 170 g/mol. The van der Waals surface area contributed by atoms with E-state index in [0.29, 0.717) is 11.5 Å². The predicted molar refractivity (Wildman–Crippen MR) is 52.3 cm³/mol. The van der Waals surface area contributed by atoms with E-state index in [9.17, 15) is 0 Å². The zero-order chi connectivity index (χ0) is 9.41. The smallest absolute Gasteiger partial charge is 0.0630 e. The zero-order valence-corrected chi connectivity index (χ0v) is 9.11. The quantitative estimate of drug-likeness (QED) is 0.541. The summed E-state index contributed by atoms with van der Waals surface area (Å²) in [7, 11) is 0. The lowest BCUT2D eigenvalue weighted by Gasteiger charge is -2.42. The molecule has 1 atom stereocenters. The van der Waals surface area contributed by atoms with Crippen molar-refractivity contribution in [3.8, 4) is 0 Å². The van der Waals surface area contributed by atoms with Gasteiger partial charge in [0.2, 0.25) is 0 Å². The lowest BCUT2D eigenvalue weighted by molar-refractivity contribution is -0.145. The molecule has 0 unspecified atom stereocenters. The monoisotopic (exact) mass is 170 g/mol. The van der Waals surface area contributed by atoms with Crippen molar-refractivity contribution in [2.24, 2.45) is 5.41 Å². The molecule has 0 aromatic carbocycles. The second-order valence-corrected chi connectivity index (χ2v) is 5.62. The molecule has 0 spiro atoms. The summed E-state index contributed by atoms with van der Waals surface area (Å²) in [5, 5.41) is 0. The van der Waals surface area contributed by atoms with E-state index in [4.69, 9.17) is 4.74 Å². The maximum atomic E-state index is 6.04. The molecular formula is C11H22O. The Morgan fingerprint density at radius 1 is 1.25 bits per heavy atom. The van der Waals surface area contributed by atoms with E-state index in [-0.39, 0.29) is 5.60 Å². The molecular weight excluding hydrogens is 148 g/mol. The SMILES string of the molecule is CC1(C)CCC[C@@H](C(C)(C)C)O1. The minimum Gasteiger partial charge on any atom is -0.372 e. The molecule has 1 aliphatic heterocycles. The van der Waals surface area contributed by atoms with Crippen LogP contribution in [-0.4, -0.2) is 11.7 Å².